The maximum atomic E-state index is 14.4. The molecule has 20 atom stereocenters. The molecule has 1 aliphatic carbocycles. The summed E-state index contributed by atoms with van der Waals surface area (Å²) in [4.78, 5) is 28.6. The van der Waals surface area contributed by atoms with Crippen LogP contribution in [0.1, 0.15) is 114 Å². The Morgan fingerprint density at radius 2 is 1.66 bits per heavy atom. The summed E-state index contributed by atoms with van der Waals surface area (Å²) in [6.45, 7) is 18.4. The fourth-order valence-electron chi connectivity index (χ4n) is 11.9. The second-order valence-corrected chi connectivity index (χ2v) is 20.7. The summed E-state index contributed by atoms with van der Waals surface area (Å²) in [5.41, 5.74) is 0.152. The van der Waals surface area contributed by atoms with Gasteiger partial charge in [-0.15, -0.1) is 0 Å². The summed E-state index contributed by atoms with van der Waals surface area (Å²) in [6.07, 6.45) is 6.62. The monoisotopic (exact) mass is 960 g/mol. The third kappa shape index (κ3) is 11.0. The Balaban J connectivity index is 1.14. The van der Waals surface area contributed by atoms with Crippen LogP contribution in [0.15, 0.2) is 47.1 Å². The van der Waals surface area contributed by atoms with Crippen LogP contribution in [0.4, 0.5) is 4.79 Å². The lowest BCUT2D eigenvalue weighted by Gasteiger charge is -2.51. The van der Waals surface area contributed by atoms with Crippen LogP contribution in [0.5, 0.6) is 0 Å². The van der Waals surface area contributed by atoms with E-state index >= 15 is 0 Å². The van der Waals surface area contributed by atoms with Crippen molar-refractivity contribution in [2.75, 3.05) is 34.5 Å². The fourth-order valence-corrected chi connectivity index (χ4v) is 11.9. The lowest BCUT2D eigenvalue weighted by atomic mass is 9.71. The number of nitrogens with zero attached hydrogens (tertiary/aromatic N) is 1. The Kier molecular flexibility index (Phi) is 17.4. The first-order chi connectivity index (χ1) is 32.4. The van der Waals surface area contributed by atoms with Crippen LogP contribution in [-0.2, 0) is 56.9 Å². The van der Waals surface area contributed by atoms with Crippen LogP contribution in [0, 0.1) is 23.7 Å². The predicted octanol–water partition coefficient (Wildman–Crippen LogP) is 6.70. The van der Waals surface area contributed by atoms with Gasteiger partial charge in [0.2, 0.25) is 0 Å². The number of likely N-dealkylation sites (N-methyl/N-ethyl adjacent to an activating group) is 1. The molecular formula is C52H81NO15. The Labute approximate surface area is 403 Å². The van der Waals surface area contributed by atoms with Gasteiger partial charge in [-0.1, -0.05) is 64.5 Å². The van der Waals surface area contributed by atoms with Crippen molar-refractivity contribution in [2.45, 2.75) is 211 Å². The van der Waals surface area contributed by atoms with Gasteiger partial charge in [0, 0.05) is 59.3 Å². The van der Waals surface area contributed by atoms with E-state index in [1.165, 1.54) is 4.90 Å². The van der Waals surface area contributed by atoms with Gasteiger partial charge < -0.3 is 67.2 Å². The zero-order valence-corrected chi connectivity index (χ0v) is 42.5. The number of esters is 1. The predicted molar refractivity (Wildman–Crippen MR) is 250 cm³/mol. The van der Waals surface area contributed by atoms with Crippen molar-refractivity contribution in [2.24, 2.45) is 23.7 Å². The number of amides is 1. The van der Waals surface area contributed by atoms with Crippen LogP contribution in [-0.4, -0.2) is 159 Å². The normalized spacial score (nSPS) is 45.9. The number of carbonyl (C=O) groups excluding carboxylic acids is 2. The van der Waals surface area contributed by atoms with E-state index in [1.807, 2.05) is 26.0 Å². The van der Waals surface area contributed by atoms with Crippen LogP contribution in [0.2, 0.25) is 0 Å². The van der Waals surface area contributed by atoms with Crippen LogP contribution in [0.25, 0.3) is 0 Å². The number of allylic oxidation sites excluding steroid dienone is 2. The highest BCUT2D eigenvalue weighted by Gasteiger charge is 2.60. The molecule has 68 heavy (non-hydrogen) atoms. The second-order valence-electron chi connectivity index (χ2n) is 20.7. The van der Waals surface area contributed by atoms with Gasteiger partial charge >= 0.3 is 12.1 Å². The first-order valence-corrected chi connectivity index (χ1v) is 25.2. The number of hydrogen-bond donors (Lipinski definition) is 2. The molecule has 2 bridgehead atoms. The molecule has 384 valence electrons. The van der Waals surface area contributed by atoms with E-state index in [1.54, 1.807) is 47.3 Å². The molecule has 0 saturated carbocycles. The average Bonchev–Trinajstić information content (AvgIpc) is 3.65. The number of aliphatic hydroxyl groups is 2. The molecule has 16 heteroatoms. The Morgan fingerprint density at radius 1 is 0.956 bits per heavy atom. The Hall–Kier alpha value is -2.74. The zero-order chi connectivity index (χ0) is 49.2. The van der Waals surface area contributed by atoms with Gasteiger partial charge in [0.05, 0.1) is 62.0 Å². The van der Waals surface area contributed by atoms with E-state index < -0.39 is 90.8 Å². The van der Waals surface area contributed by atoms with Crippen molar-refractivity contribution < 1.29 is 71.9 Å². The van der Waals surface area contributed by atoms with Gasteiger partial charge in [0.25, 0.3) is 0 Å². The van der Waals surface area contributed by atoms with Crippen molar-refractivity contribution in [3.05, 3.63) is 47.1 Å². The van der Waals surface area contributed by atoms with E-state index in [9.17, 15) is 19.8 Å². The molecule has 1 amide bonds. The molecule has 0 aromatic rings. The van der Waals surface area contributed by atoms with E-state index in [0.29, 0.717) is 61.5 Å². The van der Waals surface area contributed by atoms with E-state index in [4.69, 9.17) is 52.1 Å². The van der Waals surface area contributed by atoms with Crippen molar-refractivity contribution in [1.82, 2.24) is 4.90 Å². The van der Waals surface area contributed by atoms with E-state index in [2.05, 4.69) is 40.7 Å². The number of fused-ring (bicyclic) bond motifs is 2. The van der Waals surface area contributed by atoms with Gasteiger partial charge in [-0.05, 0) is 76.0 Å². The minimum atomic E-state index is -1.83. The van der Waals surface area contributed by atoms with Gasteiger partial charge in [-0.25, -0.2) is 4.79 Å². The second kappa shape index (κ2) is 22.4. The summed E-state index contributed by atoms with van der Waals surface area (Å²) >= 11 is 0. The molecule has 0 radical (unpaired) electrons. The minimum Gasteiger partial charge on any atom is -0.462 e. The smallest absolute Gasteiger partial charge is 0.409 e. The zero-order valence-electron chi connectivity index (χ0n) is 42.5. The highest BCUT2D eigenvalue weighted by atomic mass is 16.7. The van der Waals surface area contributed by atoms with Gasteiger partial charge in [-0.2, -0.15) is 0 Å². The highest BCUT2D eigenvalue weighted by Crippen LogP contribution is 2.48. The van der Waals surface area contributed by atoms with Crippen LogP contribution < -0.4 is 0 Å². The third-order valence-electron chi connectivity index (χ3n) is 15.9. The van der Waals surface area contributed by atoms with Crippen molar-refractivity contribution in [3.63, 3.8) is 0 Å². The molecule has 0 aromatic carbocycles. The van der Waals surface area contributed by atoms with Gasteiger partial charge in [0.15, 0.2) is 18.4 Å². The molecule has 7 aliphatic rings. The van der Waals surface area contributed by atoms with Gasteiger partial charge in [0.1, 0.15) is 35.9 Å². The number of methoxy groups -OCH3 is 2. The Bertz CT molecular complexity index is 1870. The summed E-state index contributed by atoms with van der Waals surface area (Å²) < 4.78 is 70.3. The fraction of sp³-hybridized carbons (Fsp3) is 0.808. The molecule has 5 saturated heterocycles. The highest BCUT2D eigenvalue weighted by molar-refractivity contribution is 5.78. The maximum Gasteiger partial charge on any atom is 0.409 e. The van der Waals surface area contributed by atoms with E-state index in [-0.39, 0.29) is 43.5 Å². The van der Waals surface area contributed by atoms with Crippen molar-refractivity contribution in [1.29, 1.82) is 0 Å². The lowest BCUT2D eigenvalue weighted by molar-refractivity contribution is -0.340. The molecular weight excluding hydrogens is 879 g/mol. The number of aliphatic hydroxyl groups excluding tert-OH is 1. The van der Waals surface area contributed by atoms with Crippen LogP contribution >= 0.6 is 0 Å². The molecule has 1 spiro atoms. The number of rotatable bonds is 10. The maximum absolute atomic E-state index is 14.4. The lowest BCUT2D eigenvalue weighted by Crippen LogP contribution is -2.59. The summed E-state index contributed by atoms with van der Waals surface area (Å²) in [6, 6.07) is -0.380. The summed E-state index contributed by atoms with van der Waals surface area (Å²) in [5.74, 6) is -2.16. The summed E-state index contributed by atoms with van der Waals surface area (Å²) in [7, 11) is 4.96. The summed E-state index contributed by atoms with van der Waals surface area (Å²) in [5, 5.41) is 23.8. The molecule has 16 nitrogen and oxygen atoms in total. The molecule has 5 fully saturated rings. The molecule has 2 N–H and O–H groups in total. The largest absolute Gasteiger partial charge is 0.462 e. The Morgan fingerprint density at radius 3 is 2.37 bits per heavy atom. The molecule has 5 unspecified atom stereocenters. The third-order valence-corrected chi connectivity index (χ3v) is 15.9. The molecule has 6 heterocycles. The topological polar surface area (TPSA) is 179 Å². The first kappa shape index (κ1) is 53.1. The minimum absolute atomic E-state index is 0.0170. The number of hydrogen-bond acceptors (Lipinski definition) is 15. The number of ether oxygens (including phenoxy) is 11. The quantitative estimate of drug-likeness (QED) is 0.175. The SMILES string of the molecule is CCOC(=O)N(C)[C@@H]1[C@H](C)O[C@@H](O[C@H]2[C@H](C)O[C@@H](O[C@@H]3/C(C)=C/CC4CC(CC5(CC[C@H](C)[C@@H](C(C)CC)O5)O4)OC(=O)[C@@H]4C=C(C)[C@@H](O)C5OC/C(=C\C=C\[C@@H]3C)[C@]54O)C[C@@H]2OC)C[C@@H]1OC. The van der Waals surface area contributed by atoms with Crippen LogP contribution in [0.3, 0.4) is 0 Å². The first-order valence-electron chi connectivity index (χ1n) is 25.2. The molecule has 7 rings (SSSR count). The van der Waals surface area contributed by atoms with Gasteiger partial charge in [-0.3, -0.25) is 4.79 Å². The number of carbonyl (C=O) groups is 2. The standard InChI is InChI=1S/C52H81NO15/c1-13-28(3)46-31(6)20-21-51(68-46)26-37-23-36(67-51)19-18-30(5)45(29(4)16-15-17-35-27-61-48-44(54)32(7)22-38(49(55)64-37)52(35,48)57)65-42-25-40(59-12)47(34(9)63-42)66-41-24-39(58-11)43(33(8)62-41)53(10)50(56)60-14-2/h15-18,22,28-29,31,33-34,36-48,54,57H,13-14,19-21,23-27H2,1-12H3/b16-15+,30-18+,35-17+/t28?,29-,31-,33-,34-,36?,37?,38-,39-,40-,41-,42-,43+,44+,45-,46+,47-,48?,51?,52+/m0/s1. The van der Waals surface area contributed by atoms with Crippen molar-refractivity contribution in [3.8, 4) is 0 Å². The van der Waals surface area contributed by atoms with Crippen molar-refractivity contribution >= 4 is 12.1 Å². The molecule has 6 aliphatic heterocycles. The van der Waals surface area contributed by atoms with E-state index in [0.717, 1.165) is 18.4 Å². The molecule has 0 aromatic heterocycles. The average molecular weight is 960 g/mol.